The fourth-order valence-corrected chi connectivity index (χ4v) is 2.90. The van der Waals surface area contributed by atoms with E-state index in [1.807, 2.05) is 19.1 Å². The van der Waals surface area contributed by atoms with E-state index in [-0.39, 0.29) is 12.1 Å². The lowest BCUT2D eigenvalue weighted by Gasteiger charge is -2.35. The van der Waals surface area contributed by atoms with Gasteiger partial charge in [-0.3, -0.25) is 4.90 Å². The average Bonchev–Trinajstić information content (AvgIpc) is 2.49. The van der Waals surface area contributed by atoms with Gasteiger partial charge in [0.2, 0.25) is 0 Å². The number of morpholine rings is 1. The number of nitrogens with zero attached hydrogens (tertiary/aromatic N) is 1. The molecule has 0 spiro atoms. The second kappa shape index (κ2) is 7.45. The summed E-state index contributed by atoms with van der Waals surface area (Å²) in [4.78, 5) is 2.35. The Balaban J connectivity index is 2.12. The van der Waals surface area contributed by atoms with E-state index in [0.29, 0.717) is 0 Å². The van der Waals surface area contributed by atoms with E-state index >= 15 is 0 Å². The van der Waals surface area contributed by atoms with Crippen LogP contribution in [0, 0.1) is 0 Å². The SMILES string of the molecule is COc1cc(Br)c(CN2CCOC(C(C)N)C2)cc1OC. The second-order valence-corrected chi connectivity index (χ2v) is 6.16. The molecule has 21 heavy (non-hydrogen) atoms. The van der Waals surface area contributed by atoms with E-state index in [9.17, 15) is 0 Å². The standard InChI is InChI=1S/C15H23BrN2O3/c1-10(17)15-9-18(4-5-21-15)8-11-6-13(19-2)14(20-3)7-12(11)16/h6-7,10,15H,4-5,8-9,17H2,1-3H3. The summed E-state index contributed by atoms with van der Waals surface area (Å²) in [5.41, 5.74) is 7.10. The highest BCUT2D eigenvalue weighted by Gasteiger charge is 2.24. The zero-order chi connectivity index (χ0) is 15.4. The van der Waals surface area contributed by atoms with Crippen LogP contribution in [0.5, 0.6) is 11.5 Å². The molecule has 0 radical (unpaired) electrons. The third-order valence-electron chi connectivity index (χ3n) is 3.71. The summed E-state index contributed by atoms with van der Waals surface area (Å²) in [6, 6.07) is 4.00. The molecule has 1 aromatic rings. The van der Waals surface area contributed by atoms with Crippen LogP contribution >= 0.6 is 15.9 Å². The smallest absolute Gasteiger partial charge is 0.161 e. The number of hydrogen-bond donors (Lipinski definition) is 1. The molecule has 1 heterocycles. The molecule has 2 atom stereocenters. The average molecular weight is 359 g/mol. The zero-order valence-electron chi connectivity index (χ0n) is 12.8. The monoisotopic (exact) mass is 358 g/mol. The molecule has 1 aliphatic rings. The number of halogens is 1. The number of nitrogens with two attached hydrogens (primary N) is 1. The predicted octanol–water partition coefficient (Wildman–Crippen LogP) is 2.01. The normalized spacial score (nSPS) is 21.1. The third kappa shape index (κ3) is 4.10. The first-order valence-electron chi connectivity index (χ1n) is 7.05. The van der Waals surface area contributed by atoms with Gasteiger partial charge in [-0.2, -0.15) is 0 Å². The minimum absolute atomic E-state index is 0.0432. The number of benzene rings is 1. The van der Waals surface area contributed by atoms with Crippen molar-refractivity contribution >= 4 is 15.9 Å². The molecule has 6 heteroatoms. The van der Waals surface area contributed by atoms with Crippen LogP contribution in [0.1, 0.15) is 12.5 Å². The molecule has 2 N–H and O–H groups in total. The lowest BCUT2D eigenvalue weighted by atomic mass is 10.1. The van der Waals surface area contributed by atoms with Gasteiger partial charge in [0.1, 0.15) is 0 Å². The van der Waals surface area contributed by atoms with Crippen LogP contribution in [-0.2, 0) is 11.3 Å². The van der Waals surface area contributed by atoms with Crippen molar-refractivity contribution < 1.29 is 14.2 Å². The Morgan fingerprint density at radius 1 is 1.38 bits per heavy atom. The Labute approximate surface area is 134 Å². The number of hydrogen-bond acceptors (Lipinski definition) is 5. The summed E-state index contributed by atoms with van der Waals surface area (Å²) in [5.74, 6) is 1.47. The van der Waals surface area contributed by atoms with Crippen LogP contribution in [0.15, 0.2) is 16.6 Å². The topological polar surface area (TPSA) is 57.0 Å². The molecule has 0 amide bonds. The highest BCUT2D eigenvalue weighted by molar-refractivity contribution is 9.10. The van der Waals surface area contributed by atoms with Crippen LogP contribution in [0.25, 0.3) is 0 Å². The first-order chi connectivity index (χ1) is 10.0. The van der Waals surface area contributed by atoms with E-state index in [1.54, 1.807) is 14.2 Å². The third-order valence-corrected chi connectivity index (χ3v) is 4.45. The summed E-state index contributed by atoms with van der Waals surface area (Å²) in [5, 5.41) is 0. The van der Waals surface area contributed by atoms with Gasteiger partial charge >= 0.3 is 0 Å². The molecule has 2 unspecified atom stereocenters. The number of rotatable bonds is 5. The Morgan fingerprint density at radius 2 is 2.05 bits per heavy atom. The first kappa shape index (κ1) is 16.5. The fraction of sp³-hybridized carbons (Fsp3) is 0.600. The van der Waals surface area contributed by atoms with E-state index in [2.05, 4.69) is 20.8 Å². The van der Waals surface area contributed by atoms with Crippen molar-refractivity contribution in [1.82, 2.24) is 4.90 Å². The lowest BCUT2D eigenvalue weighted by molar-refractivity contribution is -0.0404. The highest BCUT2D eigenvalue weighted by atomic mass is 79.9. The first-order valence-corrected chi connectivity index (χ1v) is 7.84. The van der Waals surface area contributed by atoms with E-state index in [4.69, 9.17) is 19.9 Å². The Kier molecular flexibility index (Phi) is 5.87. The largest absolute Gasteiger partial charge is 0.493 e. The summed E-state index contributed by atoms with van der Waals surface area (Å²) in [7, 11) is 3.29. The summed E-state index contributed by atoms with van der Waals surface area (Å²) in [6.07, 6.45) is 0.0951. The van der Waals surface area contributed by atoms with Crippen LogP contribution in [0.4, 0.5) is 0 Å². The quantitative estimate of drug-likeness (QED) is 0.872. The minimum atomic E-state index is 0.0432. The Morgan fingerprint density at radius 3 is 2.67 bits per heavy atom. The molecule has 1 aliphatic heterocycles. The molecular formula is C15H23BrN2O3. The van der Waals surface area contributed by atoms with Crippen LogP contribution in [-0.4, -0.2) is 51.0 Å². The van der Waals surface area contributed by atoms with Gasteiger partial charge in [-0.15, -0.1) is 0 Å². The molecule has 5 nitrogen and oxygen atoms in total. The molecular weight excluding hydrogens is 336 g/mol. The van der Waals surface area contributed by atoms with Gasteiger partial charge in [0.25, 0.3) is 0 Å². The summed E-state index contributed by atoms with van der Waals surface area (Å²) >= 11 is 3.60. The van der Waals surface area contributed by atoms with Gasteiger partial charge in [0, 0.05) is 30.1 Å². The maximum absolute atomic E-state index is 5.94. The van der Waals surface area contributed by atoms with Crippen LogP contribution in [0.2, 0.25) is 0 Å². The van der Waals surface area contributed by atoms with Crippen molar-refractivity contribution in [2.75, 3.05) is 33.9 Å². The van der Waals surface area contributed by atoms with Gasteiger partial charge in [-0.25, -0.2) is 0 Å². The van der Waals surface area contributed by atoms with Crippen LogP contribution in [0.3, 0.4) is 0 Å². The lowest BCUT2D eigenvalue weighted by Crippen LogP contribution is -2.49. The summed E-state index contributed by atoms with van der Waals surface area (Å²) < 4.78 is 17.4. The summed E-state index contributed by atoms with van der Waals surface area (Å²) in [6.45, 7) is 5.29. The Hall–Kier alpha value is -0.820. The van der Waals surface area contributed by atoms with Crippen LogP contribution < -0.4 is 15.2 Å². The highest BCUT2D eigenvalue weighted by Crippen LogP contribution is 2.34. The maximum atomic E-state index is 5.94. The molecule has 0 saturated carbocycles. The molecule has 0 aliphatic carbocycles. The molecule has 0 bridgehead atoms. The van der Waals surface area contributed by atoms with Gasteiger partial charge in [0.15, 0.2) is 11.5 Å². The van der Waals surface area contributed by atoms with E-state index in [1.165, 1.54) is 0 Å². The molecule has 2 rings (SSSR count). The predicted molar refractivity (Wildman–Crippen MR) is 85.9 cm³/mol. The van der Waals surface area contributed by atoms with Gasteiger partial charge in [0.05, 0.1) is 26.9 Å². The molecule has 1 aromatic carbocycles. The fourth-order valence-electron chi connectivity index (χ4n) is 2.45. The van der Waals surface area contributed by atoms with E-state index in [0.717, 1.165) is 47.8 Å². The molecule has 1 fully saturated rings. The molecule has 1 saturated heterocycles. The van der Waals surface area contributed by atoms with Crippen molar-refractivity contribution in [1.29, 1.82) is 0 Å². The second-order valence-electron chi connectivity index (χ2n) is 5.30. The zero-order valence-corrected chi connectivity index (χ0v) is 14.4. The van der Waals surface area contributed by atoms with Crippen molar-refractivity contribution in [3.8, 4) is 11.5 Å². The van der Waals surface area contributed by atoms with Crippen molar-refractivity contribution in [3.05, 3.63) is 22.2 Å². The number of methoxy groups -OCH3 is 2. The van der Waals surface area contributed by atoms with Gasteiger partial charge < -0.3 is 19.9 Å². The van der Waals surface area contributed by atoms with Gasteiger partial charge in [-0.1, -0.05) is 15.9 Å². The Bertz CT molecular complexity index is 482. The van der Waals surface area contributed by atoms with Crippen molar-refractivity contribution in [2.45, 2.75) is 25.6 Å². The van der Waals surface area contributed by atoms with Gasteiger partial charge in [-0.05, 0) is 24.6 Å². The molecule has 118 valence electrons. The maximum Gasteiger partial charge on any atom is 0.161 e. The van der Waals surface area contributed by atoms with Crippen molar-refractivity contribution in [2.24, 2.45) is 5.73 Å². The van der Waals surface area contributed by atoms with Crippen molar-refractivity contribution in [3.63, 3.8) is 0 Å². The minimum Gasteiger partial charge on any atom is -0.493 e. The van der Waals surface area contributed by atoms with E-state index < -0.39 is 0 Å². The molecule has 0 aromatic heterocycles. The number of ether oxygens (including phenoxy) is 3.